The molecule has 10 heteroatoms. The summed E-state index contributed by atoms with van der Waals surface area (Å²) in [6.45, 7) is 8.15. The number of halogens is 1. The van der Waals surface area contributed by atoms with Gasteiger partial charge in [0.15, 0.2) is 15.4 Å². The van der Waals surface area contributed by atoms with Crippen LogP contribution in [0, 0.1) is 29.0 Å². The summed E-state index contributed by atoms with van der Waals surface area (Å²) in [5, 5.41) is 19.3. The monoisotopic (exact) mass is 523 g/mol. The second-order valence-electron chi connectivity index (χ2n) is 12.4. The van der Waals surface area contributed by atoms with Gasteiger partial charge in [-0.15, -0.1) is 0 Å². The molecule has 2 aliphatic carbocycles. The van der Waals surface area contributed by atoms with Crippen LogP contribution in [-0.2, 0) is 20.4 Å². The maximum absolute atomic E-state index is 15.0. The molecule has 1 aromatic carbocycles. The number of benzene rings is 1. The Balaban J connectivity index is 1.41. The van der Waals surface area contributed by atoms with E-state index in [1.165, 1.54) is 30.0 Å². The number of rotatable bonds is 6. The van der Waals surface area contributed by atoms with Gasteiger partial charge in [-0.1, -0.05) is 19.0 Å². The van der Waals surface area contributed by atoms with Crippen LogP contribution in [0.5, 0.6) is 0 Å². The fraction of sp³-hybridized carbons (Fsp3) is 0.731. The number of hydrogen-bond donors (Lipinski definition) is 2. The number of aliphatic hydroxyl groups is 1. The molecule has 2 bridgehead atoms. The van der Waals surface area contributed by atoms with Crippen molar-refractivity contribution in [3.05, 3.63) is 23.6 Å². The van der Waals surface area contributed by atoms with E-state index in [1.54, 1.807) is 7.05 Å². The van der Waals surface area contributed by atoms with Crippen LogP contribution in [0.2, 0.25) is 0 Å². The van der Waals surface area contributed by atoms with Crippen molar-refractivity contribution in [3.63, 3.8) is 0 Å². The second kappa shape index (κ2) is 8.92. The highest BCUT2D eigenvalue weighted by atomic mass is 32.2. The van der Waals surface area contributed by atoms with Gasteiger partial charge in [-0.3, -0.25) is 4.84 Å². The molecule has 2 saturated carbocycles. The summed E-state index contributed by atoms with van der Waals surface area (Å²) < 4.78 is 46.8. The highest BCUT2D eigenvalue weighted by Gasteiger charge is 2.49. The van der Waals surface area contributed by atoms with Crippen LogP contribution in [0.4, 0.5) is 10.1 Å². The lowest BCUT2D eigenvalue weighted by Gasteiger charge is -2.52. The molecule has 1 saturated heterocycles. The minimum atomic E-state index is -3.67. The number of anilines is 1. The van der Waals surface area contributed by atoms with Gasteiger partial charge in [0.2, 0.25) is 0 Å². The number of nitrogens with one attached hydrogen (secondary N) is 1. The molecular weight excluding hydrogens is 485 g/mol. The number of sulfone groups is 1. The van der Waals surface area contributed by atoms with Gasteiger partial charge < -0.3 is 14.9 Å². The molecule has 0 radical (unpaired) electrons. The van der Waals surface area contributed by atoms with Crippen LogP contribution in [0.25, 0.3) is 11.0 Å². The van der Waals surface area contributed by atoms with E-state index in [-0.39, 0.29) is 28.1 Å². The molecule has 0 spiro atoms. The van der Waals surface area contributed by atoms with Crippen LogP contribution < -0.4 is 5.32 Å². The van der Waals surface area contributed by atoms with Gasteiger partial charge in [0.25, 0.3) is 0 Å². The zero-order chi connectivity index (χ0) is 26.0. The van der Waals surface area contributed by atoms with Crippen molar-refractivity contribution in [3.8, 4) is 0 Å². The molecule has 0 amide bonds. The summed E-state index contributed by atoms with van der Waals surface area (Å²) >= 11 is 0. The molecule has 4 unspecified atom stereocenters. The molecular formula is C26H38FN3O5S. The van der Waals surface area contributed by atoms with Crippen molar-refractivity contribution >= 4 is 26.5 Å². The zero-order valence-electron chi connectivity index (χ0n) is 21.8. The number of hydrogen-bond acceptors (Lipinski definition) is 8. The van der Waals surface area contributed by atoms with Gasteiger partial charge in [-0.2, -0.15) is 5.06 Å². The van der Waals surface area contributed by atoms with E-state index in [4.69, 9.17) is 9.36 Å². The van der Waals surface area contributed by atoms with Crippen molar-refractivity contribution in [1.82, 2.24) is 10.2 Å². The van der Waals surface area contributed by atoms with Gasteiger partial charge in [-0.25, -0.2) is 12.8 Å². The van der Waals surface area contributed by atoms with Crippen molar-refractivity contribution in [2.45, 2.75) is 89.2 Å². The molecule has 3 aliphatic rings. The third kappa shape index (κ3) is 4.77. The molecule has 2 heterocycles. The number of hydroxylamine groups is 2. The molecule has 1 aromatic heterocycles. The number of aromatic nitrogens is 1. The normalized spacial score (nSPS) is 33.6. The summed E-state index contributed by atoms with van der Waals surface area (Å²) in [5.74, 6) is 0.676. The summed E-state index contributed by atoms with van der Waals surface area (Å²) in [7, 11) is -2.06. The Bertz CT molecular complexity index is 1230. The largest absolute Gasteiger partial charge is 0.373 e. The van der Waals surface area contributed by atoms with Crippen LogP contribution in [0.15, 0.2) is 16.7 Å². The van der Waals surface area contributed by atoms with Crippen LogP contribution in [0.3, 0.4) is 0 Å². The van der Waals surface area contributed by atoms with E-state index < -0.39 is 32.9 Å². The topological polar surface area (TPSA) is 105 Å². The molecule has 5 rings (SSSR count). The Kier molecular flexibility index (Phi) is 6.42. The third-order valence-corrected chi connectivity index (χ3v) is 10.4. The maximum Gasteiger partial charge on any atom is 0.174 e. The van der Waals surface area contributed by atoms with Gasteiger partial charge in [-0.05, 0) is 69.8 Å². The SMILES string of the molecule is CC1CC2CC(C)CC(C(O)Nc3cc4c(CS(=O)(=O)C5CC(C)(C)ON5C)noc4cc3F)(C1)C2. The minimum Gasteiger partial charge on any atom is -0.373 e. The predicted octanol–water partition coefficient (Wildman–Crippen LogP) is 4.84. The van der Waals surface area contributed by atoms with E-state index in [9.17, 15) is 13.5 Å². The summed E-state index contributed by atoms with van der Waals surface area (Å²) in [6, 6.07) is 2.72. The van der Waals surface area contributed by atoms with Crippen molar-refractivity contribution in [1.29, 1.82) is 0 Å². The van der Waals surface area contributed by atoms with Gasteiger partial charge in [0.1, 0.15) is 23.1 Å². The lowest BCUT2D eigenvalue weighted by molar-refractivity contribution is -0.168. The average molecular weight is 524 g/mol. The summed E-state index contributed by atoms with van der Waals surface area (Å²) in [4.78, 5) is 5.66. The number of fused-ring (bicyclic) bond motifs is 3. The lowest BCUT2D eigenvalue weighted by atomic mass is 9.56. The quantitative estimate of drug-likeness (QED) is 0.519. The highest BCUT2D eigenvalue weighted by Crippen LogP contribution is 2.54. The Morgan fingerprint density at radius 3 is 2.47 bits per heavy atom. The summed E-state index contributed by atoms with van der Waals surface area (Å²) in [6.07, 6.45) is 4.51. The van der Waals surface area contributed by atoms with E-state index in [0.717, 1.165) is 19.3 Å². The standard InChI is InChI=1S/C26H38FN3O5S/c1-15-6-17-7-16(2)11-26(10-15,12-17)24(31)28-20-8-18-21(29-34-22(18)9-19(20)27)14-36(32,33)23-13-25(3,4)35-30(23)5/h8-9,15-17,23-24,28,31H,6-7,10-14H2,1-5H3. The first-order chi connectivity index (χ1) is 16.8. The molecule has 200 valence electrons. The molecule has 3 fully saturated rings. The van der Waals surface area contributed by atoms with Crippen LogP contribution in [0.1, 0.15) is 71.9 Å². The number of aliphatic hydroxyl groups excluding tert-OH is 1. The molecule has 2 N–H and O–H groups in total. The molecule has 2 aromatic rings. The van der Waals surface area contributed by atoms with E-state index in [1.807, 2.05) is 13.8 Å². The first-order valence-electron chi connectivity index (χ1n) is 12.9. The summed E-state index contributed by atoms with van der Waals surface area (Å²) in [5.41, 5.74) is -0.370. The molecule has 36 heavy (non-hydrogen) atoms. The predicted molar refractivity (Wildman–Crippen MR) is 135 cm³/mol. The smallest absolute Gasteiger partial charge is 0.174 e. The van der Waals surface area contributed by atoms with Crippen molar-refractivity contribution < 1.29 is 27.3 Å². The average Bonchev–Trinajstić information content (AvgIpc) is 3.25. The van der Waals surface area contributed by atoms with Crippen LogP contribution in [-0.4, -0.2) is 48.0 Å². The van der Waals surface area contributed by atoms with Gasteiger partial charge in [0.05, 0.1) is 17.0 Å². The minimum absolute atomic E-state index is 0.127. The number of nitrogens with zero attached hydrogens (tertiary/aromatic N) is 2. The van der Waals surface area contributed by atoms with E-state index in [2.05, 4.69) is 24.3 Å². The molecule has 4 atom stereocenters. The Labute approximate surface area is 212 Å². The molecule has 1 aliphatic heterocycles. The first-order valence-corrected chi connectivity index (χ1v) is 14.6. The molecule has 8 nitrogen and oxygen atoms in total. The van der Waals surface area contributed by atoms with Gasteiger partial charge in [0, 0.05) is 30.3 Å². The van der Waals surface area contributed by atoms with E-state index in [0.29, 0.717) is 29.6 Å². The Morgan fingerprint density at radius 1 is 1.19 bits per heavy atom. The fourth-order valence-electron chi connectivity index (χ4n) is 7.31. The third-order valence-electron chi connectivity index (χ3n) is 8.40. The van der Waals surface area contributed by atoms with E-state index >= 15 is 4.39 Å². The van der Waals surface area contributed by atoms with Crippen molar-refractivity contribution in [2.75, 3.05) is 12.4 Å². The Morgan fingerprint density at radius 2 is 1.86 bits per heavy atom. The second-order valence-corrected chi connectivity index (χ2v) is 14.5. The Hall–Kier alpha value is -1.75. The highest BCUT2D eigenvalue weighted by molar-refractivity contribution is 7.91. The zero-order valence-corrected chi connectivity index (χ0v) is 22.6. The van der Waals surface area contributed by atoms with Crippen molar-refractivity contribution in [2.24, 2.45) is 23.2 Å². The fourth-order valence-corrected chi connectivity index (χ4v) is 9.25. The first kappa shape index (κ1) is 25.9. The van der Waals surface area contributed by atoms with Crippen LogP contribution >= 0.6 is 0 Å². The lowest BCUT2D eigenvalue weighted by Crippen LogP contribution is -2.49. The van der Waals surface area contributed by atoms with Gasteiger partial charge >= 0.3 is 0 Å². The maximum atomic E-state index is 15.0.